The molecule has 3 rings (SSSR count). The number of ether oxygens (including phenoxy) is 1. The summed E-state index contributed by atoms with van der Waals surface area (Å²) in [6.45, 7) is 5.64. The maximum absolute atomic E-state index is 5.72. The van der Waals surface area contributed by atoms with Crippen LogP contribution in [-0.4, -0.2) is 6.61 Å². The molecule has 0 atom stereocenters. The molecule has 0 amide bonds. The predicted octanol–water partition coefficient (Wildman–Crippen LogP) is 8.08. The van der Waals surface area contributed by atoms with Gasteiger partial charge in [-0.05, 0) is 86.5 Å². The third-order valence-electron chi connectivity index (χ3n) is 6.15. The van der Waals surface area contributed by atoms with Gasteiger partial charge in [-0.3, -0.25) is 0 Å². The molecule has 0 spiro atoms. The molecule has 0 N–H and O–H groups in total. The standard InChI is InChI=1S/C28H36O/c1-3-5-7-21-29-22-24-11-15-26(16-12-24)28-19-17-27(18-20-28)25-13-9-23(10-14-25)8-6-4-2/h3-6,11-12,15-20,23,25H,7-10,13-14,21-22H2,1-2H3. The molecule has 1 fully saturated rings. The molecular formula is C28H36O. The summed E-state index contributed by atoms with van der Waals surface area (Å²) in [5.41, 5.74) is 5.34. The fourth-order valence-electron chi connectivity index (χ4n) is 4.31. The topological polar surface area (TPSA) is 9.23 Å². The molecule has 1 saturated carbocycles. The number of hydrogen-bond acceptors (Lipinski definition) is 1. The van der Waals surface area contributed by atoms with Gasteiger partial charge in [0.2, 0.25) is 0 Å². The smallest absolute Gasteiger partial charge is 0.0717 e. The summed E-state index contributed by atoms with van der Waals surface area (Å²) >= 11 is 0. The largest absolute Gasteiger partial charge is 0.376 e. The zero-order valence-corrected chi connectivity index (χ0v) is 18.1. The van der Waals surface area contributed by atoms with Crippen LogP contribution < -0.4 is 0 Å². The molecule has 0 bridgehead atoms. The van der Waals surface area contributed by atoms with Crippen LogP contribution >= 0.6 is 0 Å². The van der Waals surface area contributed by atoms with Gasteiger partial charge in [-0.25, -0.2) is 0 Å². The molecule has 154 valence electrons. The van der Waals surface area contributed by atoms with Gasteiger partial charge in [0.05, 0.1) is 13.2 Å². The Kier molecular flexibility index (Phi) is 8.77. The molecule has 1 heteroatoms. The second-order valence-corrected chi connectivity index (χ2v) is 8.25. The molecular weight excluding hydrogens is 352 g/mol. The van der Waals surface area contributed by atoms with Crippen LogP contribution in [0.25, 0.3) is 11.1 Å². The molecule has 0 aromatic heterocycles. The summed E-state index contributed by atoms with van der Waals surface area (Å²) in [6, 6.07) is 18.1. The fraction of sp³-hybridized carbons (Fsp3) is 0.429. The molecule has 29 heavy (non-hydrogen) atoms. The van der Waals surface area contributed by atoms with E-state index in [1.165, 1.54) is 54.4 Å². The van der Waals surface area contributed by atoms with Gasteiger partial charge in [0.15, 0.2) is 0 Å². The first-order valence-corrected chi connectivity index (χ1v) is 11.3. The zero-order chi connectivity index (χ0) is 20.3. The lowest BCUT2D eigenvalue weighted by Crippen LogP contribution is -2.12. The zero-order valence-electron chi connectivity index (χ0n) is 18.1. The van der Waals surface area contributed by atoms with Crippen LogP contribution in [0.1, 0.15) is 69.4 Å². The van der Waals surface area contributed by atoms with Gasteiger partial charge in [-0.1, -0.05) is 72.8 Å². The van der Waals surface area contributed by atoms with Crippen molar-refractivity contribution in [3.05, 3.63) is 84.0 Å². The predicted molar refractivity (Wildman–Crippen MR) is 125 cm³/mol. The second kappa shape index (κ2) is 11.8. The van der Waals surface area contributed by atoms with E-state index in [1.54, 1.807) is 0 Å². The minimum Gasteiger partial charge on any atom is -0.376 e. The highest BCUT2D eigenvalue weighted by Crippen LogP contribution is 2.37. The Morgan fingerprint density at radius 1 is 0.793 bits per heavy atom. The molecule has 1 aliphatic carbocycles. The van der Waals surface area contributed by atoms with Crippen LogP contribution in [0, 0.1) is 5.92 Å². The van der Waals surface area contributed by atoms with E-state index in [-0.39, 0.29) is 0 Å². The van der Waals surface area contributed by atoms with Gasteiger partial charge < -0.3 is 4.74 Å². The van der Waals surface area contributed by atoms with Crippen molar-refractivity contribution in [3.8, 4) is 11.1 Å². The molecule has 0 aliphatic heterocycles. The number of rotatable bonds is 9. The first kappa shape index (κ1) is 21.6. The first-order chi connectivity index (χ1) is 14.3. The molecule has 0 unspecified atom stereocenters. The van der Waals surface area contributed by atoms with Crippen molar-refractivity contribution in [3.63, 3.8) is 0 Å². The van der Waals surface area contributed by atoms with Gasteiger partial charge in [0, 0.05) is 0 Å². The summed E-state index contributed by atoms with van der Waals surface area (Å²) in [4.78, 5) is 0. The van der Waals surface area contributed by atoms with Crippen molar-refractivity contribution in [2.24, 2.45) is 5.92 Å². The van der Waals surface area contributed by atoms with Crippen LogP contribution in [0.2, 0.25) is 0 Å². The SMILES string of the molecule is CC=CCCOCc1ccc(-c2ccc(C3CCC(CC=CC)CC3)cc2)cc1. The van der Waals surface area contributed by atoms with Gasteiger partial charge >= 0.3 is 0 Å². The minimum atomic E-state index is 0.688. The van der Waals surface area contributed by atoms with E-state index in [2.05, 4.69) is 79.8 Å². The highest BCUT2D eigenvalue weighted by Gasteiger charge is 2.21. The van der Waals surface area contributed by atoms with E-state index in [4.69, 9.17) is 4.74 Å². The lowest BCUT2D eigenvalue weighted by Gasteiger charge is -2.28. The summed E-state index contributed by atoms with van der Waals surface area (Å²) in [5.74, 6) is 1.64. The number of benzene rings is 2. The highest BCUT2D eigenvalue weighted by atomic mass is 16.5. The summed E-state index contributed by atoms with van der Waals surface area (Å²) in [5, 5.41) is 0. The molecule has 2 aromatic carbocycles. The monoisotopic (exact) mass is 388 g/mol. The van der Waals surface area contributed by atoms with Gasteiger partial charge in [0.25, 0.3) is 0 Å². The van der Waals surface area contributed by atoms with Gasteiger partial charge in [-0.2, -0.15) is 0 Å². The first-order valence-electron chi connectivity index (χ1n) is 11.3. The molecule has 1 aliphatic rings. The van der Waals surface area contributed by atoms with E-state index >= 15 is 0 Å². The summed E-state index contributed by atoms with van der Waals surface area (Å²) < 4.78 is 5.72. The van der Waals surface area contributed by atoms with E-state index < -0.39 is 0 Å². The van der Waals surface area contributed by atoms with Crippen LogP contribution in [0.3, 0.4) is 0 Å². The normalized spacial score (nSPS) is 19.9. The van der Waals surface area contributed by atoms with Crippen molar-refractivity contribution in [2.45, 2.75) is 64.9 Å². The molecule has 2 aromatic rings. The average molecular weight is 389 g/mol. The quantitative estimate of drug-likeness (QED) is 0.311. The van der Waals surface area contributed by atoms with Crippen LogP contribution in [0.15, 0.2) is 72.8 Å². The molecule has 0 saturated heterocycles. The fourth-order valence-corrected chi connectivity index (χ4v) is 4.31. The second-order valence-electron chi connectivity index (χ2n) is 8.25. The van der Waals surface area contributed by atoms with Crippen molar-refractivity contribution in [1.82, 2.24) is 0 Å². The average Bonchev–Trinajstić information content (AvgIpc) is 2.78. The summed E-state index contributed by atoms with van der Waals surface area (Å²) in [6.07, 6.45) is 16.4. The minimum absolute atomic E-state index is 0.688. The van der Waals surface area contributed by atoms with Gasteiger partial charge in [0.1, 0.15) is 0 Å². The summed E-state index contributed by atoms with van der Waals surface area (Å²) in [7, 11) is 0. The number of hydrogen-bond donors (Lipinski definition) is 0. The van der Waals surface area contributed by atoms with Crippen molar-refractivity contribution < 1.29 is 4.74 Å². The maximum atomic E-state index is 5.72. The molecule has 0 radical (unpaired) electrons. The lowest BCUT2D eigenvalue weighted by atomic mass is 9.77. The Morgan fingerprint density at radius 3 is 2.03 bits per heavy atom. The Labute approximate surface area is 177 Å². The number of allylic oxidation sites excluding steroid dienone is 3. The van der Waals surface area contributed by atoms with E-state index in [1.807, 2.05) is 6.92 Å². The third-order valence-corrected chi connectivity index (χ3v) is 6.15. The molecule has 1 nitrogen and oxygen atoms in total. The highest BCUT2D eigenvalue weighted by molar-refractivity contribution is 5.64. The van der Waals surface area contributed by atoms with Crippen molar-refractivity contribution >= 4 is 0 Å². The Hall–Kier alpha value is -2.12. The lowest BCUT2D eigenvalue weighted by molar-refractivity contribution is 0.125. The van der Waals surface area contributed by atoms with Crippen LogP contribution in [-0.2, 0) is 11.3 Å². The van der Waals surface area contributed by atoms with E-state index in [0.29, 0.717) is 6.61 Å². The Balaban J connectivity index is 1.51. The molecule has 0 heterocycles. The van der Waals surface area contributed by atoms with Crippen molar-refractivity contribution in [2.75, 3.05) is 6.61 Å². The maximum Gasteiger partial charge on any atom is 0.0717 e. The third kappa shape index (κ3) is 6.72. The van der Waals surface area contributed by atoms with Crippen LogP contribution in [0.5, 0.6) is 0 Å². The Bertz CT molecular complexity index is 759. The van der Waals surface area contributed by atoms with Crippen LogP contribution in [0.4, 0.5) is 0 Å². The van der Waals surface area contributed by atoms with E-state index in [0.717, 1.165) is 24.9 Å². The van der Waals surface area contributed by atoms with Gasteiger partial charge in [-0.15, -0.1) is 0 Å². The Morgan fingerprint density at radius 2 is 1.41 bits per heavy atom. The van der Waals surface area contributed by atoms with Crippen molar-refractivity contribution in [1.29, 1.82) is 0 Å². The van der Waals surface area contributed by atoms with E-state index in [9.17, 15) is 0 Å².